The third-order valence-electron chi connectivity index (χ3n) is 1.83. The van der Waals surface area contributed by atoms with E-state index < -0.39 is 5.97 Å². The lowest BCUT2D eigenvalue weighted by Crippen LogP contribution is -2.05. The minimum atomic E-state index is -1.10. The Kier molecular flexibility index (Phi) is 3.11. The van der Waals surface area contributed by atoms with Gasteiger partial charge in [-0.3, -0.25) is 0 Å². The van der Waals surface area contributed by atoms with E-state index in [0.29, 0.717) is 0 Å². The predicted molar refractivity (Wildman–Crippen MR) is 57.6 cm³/mol. The summed E-state index contributed by atoms with van der Waals surface area (Å²) in [5, 5.41) is 10.7. The third-order valence-corrected chi connectivity index (χ3v) is 2.47. The molecule has 0 radical (unpaired) electrons. The van der Waals surface area contributed by atoms with Crippen LogP contribution in [-0.2, 0) is 6.61 Å². The van der Waals surface area contributed by atoms with Crippen molar-refractivity contribution < 1.29 is 14.6 Å². The molecule has 2 aromatic heterocycles. The van der Waals surface area contributed by atoms with Gasteiger partial charge in [0, 0.05) is 11.6 Å². The van der Waals surface area contributed by atoms with E-state index in [4.69, 9.17) is 9.84 Å². The molecule has 16 heavy (non-hydrogen) atoms. The lowest BCUT2D eigenvalue weighted by atomic mass is 10.3. The molecule has 2 heterocycles. The van der Waals surface area contributed by atoms with Crippen molar-refractivity contribution in [1.82, 2.24) is 9.97 Å². The Morgan fingerprint density at radius 2 is 2.38 bits per heavy atom. The van der Waals surface area contributed by atoms with E-state index in [-0.39, 0.29) is 18.1 Å². The first-order chi connectivity index (χ1) is 7.77. The van der Waals surface area contributed by atoms with Crippen LogP contribution in [0.5, 0.6) is 5.75 Å². The number of carboxylic acids is 1. The van der Waals surface area contributed by atoms with Crippen LogP contribution in [0, 0.1) is 0 Å². The van der Waals surface area contributed by atoms with Crippen LogP contribution in [0.25, 0.3) is 0 Å². The summed E-state index contributed by atoms with van der Waals surface area (Å²) in [6.45, 7) is 0.246. The number of pyridine rings is 1. The molecule has 0 fully saturated rings. The molecular formula is C10H8N2O3S. The van der Waals surface area contributed by atoms with Crippen molar-refractivity contribution in [2.75, 3.05) is 0 Å². The molecule has 2 aromatic rings. The summed E-state index contributed by atoms with van der Waals surface area (Å²) >= 11 is 1.46. The second-order valence-corrected chi connectivity index (χ2v) is 3.64. The molecule has 0 atom stereocenters. The molecule has 5 nitrogen and oxygen atoms in total. The Bertz CT molecular complexity index is 485. The van der Waals surface area contributed by atoms with Gasteiger partial charge < -0.3 is 9.84 Å². The fourth-order valence-corrected chi connectivity index (χ4v) is 1.67. The van der Waals surface area contributed by atoms with Gasteiger partial charge in [-0.25, -0.2) is 14.8 Å². The Balaban J connectivity index is 2.12. The molecule has 0 bridgehead atoms. The summed E-state index contributed by atoms with van der Waals surface area (Å²) in [5.74, 6) is -0.850. The van der Waals surface area contributed by atoms with Gasteiger partial charge in [-0.2, -0.15) is 0 Å². The first-order valence-corrected chi connectivity index (χ1v) is 5.40. The molecule has 6 heteroatoms. The van der Waals surface area contributed by atoms with Crippen LogP contribution in [0.2, 0.25) is 0 Å². The molecule has 82 valence electrons. The van der Waals surface area contributed by atoms with E-state index in [1.807, 2.05) is 5.38 Å². The van der Waals surface area contributed by atoms with Crippen LogP contribution in [-0.4, -0.2) is 21.0 Å². The quantitative estimate of drug-likeness (QED) is 0.876. The standard InChI is InChI=1S/C10H8N2O3S/c13-10(14)9-8(2-1-3-11-9)15-4-7-5-16-6-12-7/h1-3,5-6H,4H2,(H,13,14). The summed E-state index contributed by atoms with van der Waals surface area (Å²) < 4.78 is 5.34. The molecule has 1 N–H and O–H groups in total. The zero-order valence-corrected chi connectivity index (χ0v) is 8.98. The number of carbonyl (C=O) groups is 1. The maximum atomic E-state index is 10.8. The molecule has 0 aromatic carbocycles. The Morgan fingerprint density at radius 3 is 3.06 bits per heavy atom. The van der Waals surface area contributed by atoms with Crippen LogP contribution in [0.1, 0.15) is 16.2 Å². The number of thiazole rings is 1. The third kappa shape index (κ3) is 2.34. The average Bonchev–Trinajstić information content (AvgIpc) is 2.79. The highest BCUT2D eigenvalue weighted by Crippen LogP contribution is 2.16. The molecule has 0 aliphatic heterocycles. The van der Waals surface area contributed by atoms with Crippen LogP contribution in [0.4, 0.5) is 0 Å². The fraction of sp³-hybridized carbons (Fsp3) is 0.100. The zero-order chi connectivity index (χ0) is 11.4. The number of rotatable bonds is 4. The second-order valence-electron chi connectivity index (χ2n) is 2.92. The zero-order valence-electron chi connectivity index (χ0n) is 8.16. The number of carboxylic acid groups (broad SMARTS) is 1. The molecular weight excluding hydrogens is 228 g/mol. The lowest BCUT2D eigenvalue weighted by molar-refractivity contribution is 0.0684. The topological polar surface area (TPSA) is 72.3 Å². The van der Waals surface area contributed by atoms with Gasteiger partial charge in [-0.15, -0.1) is 11.3 Å². The predicted octanol–water partition coefficient (Wildman–Crippen LogP) is 1.82. The van der Waals surface area contributed by atoms with Crippen molar-refractivity contribution in [2.45, 2.75) is 6.61 Å². The normalized spacial score (nSPS) is 10.0. The Hall–Kier alpha value is -1.95. The molecule has 0 saturated carbocycles. The lowest BCUT2D eigenvalue weighted by Gasteiger charge is -2.05. The summed E-state index contributed by atoms with van der Waals surface area (Å²) in [4.78, 5) is 18.6. The van der Waals surface area contributed by atoms with Crippen LogP contribution >= 0.6 is 11.3 Å². The number of ether oxygens (including phenoxy) is 1. The van der Waals surface area contributed by atoms with E-state index >= 15 is 0 Å². The van der Waals surface area contributed by atoms with Crippen molar-refractivity contribution >= 4 is 17.3 Å². The van der Waals surface area contributed by atoms with E-state index in [2.05, 4.69) is 9.97 Å². The summed E-state index contributed by atoms with van der Waals surface area (Å²) in [6, 6.07) is 3.20. The Morgan fingerprint density at radius 1 is 1.50 bits per heavy atom. The van der Waals surface area contributed by atoms with Gasteiger partial charge >= 0.3 is 5.97 Å². The van der Waals surface area contributed by atoms with Gasteiger partial charge in [0.2, 0.25) is 0 Å². The largest absolute Gasteiger partial charge is 0.485 e. The SMILES string of the molecule is O=C(O)c1ncccc1OCc1cscn1. The Labute approximate surface area is 95.4 Å². The molecule has 2 rings (SSSR count). The second kappa shape index (κ2) is 4.71. The first-order valence-electron chi connectivity index (χ1n) is 4.45. The van der Waals surface area contributed by atoms with Crippen LogP contribution in [0.3, 0.4) is 0 Å². The van der Waals surface area contributed by atoms with E-state index in [9.17, 15) is 4.79 Å². The van der Waals surface area contributed by atoms with Gasteiger partial charge in [-0.05, 0) is 12.1 Å². The smallest absolute Gasteiger partial charge is 0.358 e. The number of aromatic nitrogens is 2. The highest BCUT2D eigenvalue weighted by Gasteiger charge is 2.12. The monoisotopic (exact) mass is 236 g/mol. The average molecular weight is 236 g/mol. The molecule has 0 aliphatic carbocycles. The van der Waals surface area contributed by atoms with Gasteiger partial charge in [0.15, 0.2) is 11.4 Å². The van der Waals surface area contributed by atoms with Gasteiger partial charge in [0.05, 0.1) is 11.2 Å². The van der Waals surface area contributed by atoms with Crippen LogP contribution in [0.15, 0.2) is 29.2 Å². The van der Waals surface area contributed by atoms with Crippen LogP contribution < -0.4 is 4.74 Å². The number of nitrogens with zero attached hydrogens (tertiary/aromatic N) is 2. The van der Waals surface area contributed by atoms with E-state index in [1.165, 1.54) is 17.5 Å². The minimum absolute atomic E-state index is 0.0854. The van der Waals surface area contributed by atoms with Gasteiger partial charge in [0.1, 0.15) is 6.61 Å². The number of hydrogen-bond donors (Lipinski definition) is 1. The minimum Gasteiger partial charge on any atom is -0.485 e. The molecule has 0 unspecified atom stereocenters. The maximum absolute atomic E-state index is 10.8. The molecule has 0 aliphatic rings. The van der Waals surface area contributed by atoms with E-state index in [0.717, 1.165) is 5.69 Å². The van der Waals surface area contributed by atoms with Crippen molar-refractivity contribution in [1.29, 1.82) is 0 Å². The van der Waals surface area contributed by atoms with Crippen molar-refractivity contribution in [3.8, 4) is 5.75 Å². The number of hydrogen-bond acceptors (Lipinski definition) is 5. The van der Waals surface area contributed by atoms with Crippen molar-refractivity contribution in [3.05, 3.63) is 40.6 Å². The van der Waals surface area contributed by atoms with E-state index in [1.54, 1.807) is 17.6 Å². The molecule has 0 saturated heterocycles. The molecule has 0 spiro atoms. The summed E-state index contributed by atoms with van der Waals surface area (Å²) in [7, 11) is 0. The van der Waals surface area contributed by atoms with Gasteiger partial charge in [-0.1, -0.05) is 0 Å². The number of aromatic carboxylic acids is 1. The maximum Gasteiger partial charge on any atom is 0.358 e. The van der Waals surface area contributed by atoms with Gasteiger partial charge in [0.25, 0.3) is 0 Å². The molecule has 0 amide bonds. The summed E-state index contributed by atoms with van der Waals surface area (Å²) in [5.41, 5.74) is 2.38. The summed E-state index contributed by atoms with van der Waals surface area (Å²) in [6.07, 6.45) is 1.42. The first kappa shape index (κ1) is 10.6. The van der Waals surface area contributed by atoms with Crippen molar-refractivity contribution in [3.63, 3.8) is 0 Å². The highest BCUT2D eigenvalue weighted by molar-refractivity contribution is 7.07. The fourth-order valence-electron chi connectivity index (χ4n) is 1.13. The highest BCUT2D eigenvalue weighted by atomic mass is 32.1. The van der Waals surface area contributed by atoms with Crippen molar-refractivity contribution in [2.24, 2.45) is 0 Å².